The molecule has 0 heterocycles. The summed E-state index contributed by atoms with van der Waals surface area (Å²) >= 11 is 3.47. The molecule has 0 aliphatic carbocycles. The van der Waals surface area contributed by atoms with Gasteiger partial charge in [0.05, 0.1) is 11.6 Å². The van der Waals surface area contributed by atoms with E-state index in [1.165, 1.54) is 5.56 Å². The molecule has 1 aromatic carbocycles. The zero-order chi connectivity index (χ0) is 9.90. The summed E-state index contributed by atoms with van der Waals surface area (Å²) in [5.41, 5.74) is 2.02. The van der Waals surface area contributed by atoms with Gasteiger partial charge in [-0.3, -0.25) is 0 Å². The third-order valence-corrected chi connectivity index (χ3v) is 3.51. The number of halogens is 1. The number of rotatable bonds is 2. The molecule has 13 heavy (non-hydrogen) atoms. The minimum absolute atomic E-state index is 0.0901. The van der Waals surface area contributed by atoms with Crippen molar-refractivity contribution in [3.63, 3.8) is 0 Å². The highest BCUT2D eigenvalue weighted by Gasteiger charge is 2.18. The number of hydrogen-bond acceptors (Lipinski definition) is 1. The van der Waals surface area contributed by atoms with Gasteiger partial charge in [0.15, 0.2) is 0 Å². The predicted octanol–water partition coefficient (Wildman–Crippen LogP) is 3.23. The van der Waals surface area contributed by atoms with Crippen molar-refractivity contribution in [2.75, 3.05) is 5.33 Å². The van der Waals surface area contributed by atoms with E-state index in [0.717, 1.165) is 10.9 Å². The Morgan fingerprint density at radius 3 is 2.69 bits per heavy atom. The van der Waals surface area contributed by atoms with Crippen LogP contribution in [0.3, 0.4) is 0 Å². The van der Waals surface area contributed by atoms with E-state index in [2.05, 4.69) is 41.9 Å². The number of nitriles is 1. The summed E-state index contributed by atoms with van der Waals surface area (Å²) in [6.45, 7) is 4.30. The van der Waals surface area contributed by atoms with Crippen LogP contribution in [0.2, 0.25) is 0 Å². The van der Waals surface area contributed by atoms with E-state index in [4.69, 9.17) is 5.26 Å². The van der Waals surface area contributed by atoms with Crippen LogP contribution in [-0.2, 0) is 5.41 Å². The Kier molecular flexibility index (Phi) is 3.11. The summed E-state index contributed by atoms with van der Waals surface area (Å²) in [5, 5.41) is 9.64. The van der Waals surface area contributed by atoms with Crippen LogP contribution >= 0.6 is 15.9 Å². The van der Waals surface area contributed by atoms with Crippen LogP contribution in [-0.4, -0.2) is 5.33 Å². The predicted molar refractivity (Wildman–Crippen MR) is 58.0 cm³/mol. The zero-order valence-corrected chi connectivity index (χ0v) is 9.43. The standard InChI is InChI=1S/C11H12BrN/c1-11(2,8-12)10-5-3-4-9(6-10)7-13/h3-6H,8H2,1-2H3. The summed E-state index contributed by atoms with van der Waals surface area (Å²) in [5.74, 6) is 0. The molecule has 68 valence electrons. The molecule has 0 bridgehead atoms. The van der Waals surface area contributed by atoms with Crippen molar-refractivity contribution in [1.82, 2.24) is 0 Å². The van der Waals surface area contributed by atoms with Crippen molar-refractivity contribution < 1.29 is 0 Å². The van der Waals surface area contributed by atoms with Crippen molar-refractivity contribution in [3.8, 4) is 6.07 Å². The summed E-state index contributed by atoms with van der Waals surface area (Å²) in [6, 6.07) is 9.91. The van der Waals surface area contributed by atoms with Crippen molar-refractivity contribution in [3.05, 3.63) is 35.4 Å². The quantitative estimate of drug-likeness (QED) is 0.725. The third-order valence-electron chi connectivity index (χ3n) is 2.11. The Bertz CT molecular complexity index is 336. The molecule has 0 aliphatic rings. The molecule has 0 N–H and O–H groups in total. The first-order valence-electron chi connectivity index (χ1n) is 4.17. The minimum Gasteiger partial charge on any atom is -0.192 e. The van der Waals surface area contributed by atoms with Crippen LogP contribution in [0.1, 0.15) is 25.0 Å². The SMILES string of the molecule is CC(C)(CBr)c1cccc(C#N)c1. The molecule has 0 aromatic heterocycles. The lowest BCUT2D eigenvalue weighted by molar-refractivity contribution is 0.606. The molecule has 0 radical (unpaired) electrons. The largest absolute Gasteiger partial charge is 0.192 e. The molecule has 0 aliphatic heterocycles. The second-order valence-corrected chi connectivity index (χ2v) is 4.27. The molecule has 1 nitrogen and oxygen atoms in total. The van der Waals surface area contributed by atoms with Crippen molar-refractivity contribution in [2.24, 2.45) is 0 Å². The molecule has 2 heteroatoms. The van der Waals surface area contributed by atoms with E-state index in [9.17, 15) is 0 Å². The molecule has 1 aromatic rings. The molecule has 0 atom stereocenters. The summed E-state index contributed by atoms with van der Waals surface area (Å²) in [4.78, 5) is 0. The summed E-state index contributed by atoms with van der Waals surface area (Å²) < 4.78 is 0. The van der Waals surface area contributed by atoms with Crippen molar-refractivity contribution in [2.45, 2.75) is 19.3 Å². The Hall–Kier alpha value is -0.810. The van der Waals surface area contributed by atoms with Gasteiger partial charge in [0.1, 0.15) is 0 Å². The van der Waals surface area contributed by atoms with E-state index in [0.29, 0.717) is 0 Å². The first-order valence-corrected chi connectivity index (χ1v) is 5.29. The number of benzene rings is 1. The first kappa shape index (κ1) is 10.3. The van der Waals surface area contributed by atoms with Gasteiger partial charge in [-0.15, -0.1) is 0 Å². The van der Waals surface area contributed by atoms with Gasteiger partial charge in [-0.1, -0.05) is 41.9 Å². The van der Waals surface area contributed by atoms with Crippen LogP contribution in [0.25, 0.3) is 0 Å². The van der Waals surface area contributed by atoms with E-state index >= 15 is 0 Å². The fraction of sp³-hybridized carbons (Fsp3) is 0.364. The van der Waals surface area contributed by atoms with Crippen LogP contribution in [0.4, 0.5) is 0 Å². The first-order chi connectivity index (χ1) is 6.10. The fourth-order valence-electron chi connectivity index (χ4n) is 1.09. The maximum atomic E-state index is 8.74. The lowest BCUT2D eigenvalue weighted by atomic mass is 9.86. The normalized spacial score (nSPS) is 10.9. The maximum Gasteiger partial charge on any atom is 0.0991 e. The molecular formula is C11H12BrN. The Balaban J connectivity index is 3.10. The van der Waals surface area contributed by atoms with Crippen LogP contribution < -0.4 is 0 Å². The molecule has 0 amide bonds. The van der Waals surface area contributed by atoms with Crippen LogP contribution in [0, 0.1) is 11.3 Å². The second-order valence-electron chi connectivity index (χ2n) is 3.71. The minimum atomic E-state index is 0.0901. The number of hydrogen-bond donors (Lipinski definition) is 0. The molecule has 0 fully saturated rings. The maximum absolute atomic E-state index is 8.74. The molecule has 0 spiro atoms. The Labute approximate surface area is 87.5 Å². The van der Waals surface area contributed by atoms with E-state index in [1.807, 2.05) is 18.2 Å². The van der Waals surface area contributed by atoms with Gasteiger partial charge >= 0.3 is 0 Å². The average Bonchev–Trinajstić information content (AvgIpc) is 2.18. The van der Waals surface area contributed by atoms with E-state index < -0.39 is 0 Å². The summed E-state index contributed by atoms with van der Waals surface area (Å²) in [7, 11) is 0. The highest BCUT2D eigenvalue weighted by Crippen LogP contribution is 2.25. The average molecular weight is 238 g/mol. The van der Waals surface area contributed by atoms with Gasteiger partial charge in [0.25, 0.3) is 0 Å². The van der Waals surface area contributed by atoms with Gasteiger partial charge in [0.2, 0.25) is 0 Å². The van der Waals surface area contributed by atoms with E-state index in [1.54, 1.807) is 0 Å². The second kappa shape index (κ2) is 3.93. The van der Waals surface area contributed by atoms with Gasteiger partial charge in [-0.05, 0) is 23.1 Å². The van der Waals surface area contributed by atoms with Crippen LogP contribution in [0.15, 0.2) is 24.3 Å². The lowest BCUT2D eigenvalue weighted by Gasteiger charge is -2.22. The molecule has 0 saturated heterocycles. The Morgan fingerprint density at radius 1 is 1.46 bits per heavy atom. The third kappa shape index (κ3) is 2.32. The number of nitrogens with zero attached hydrogens (tertiary/aromatic N) is 1. The monoisotopic (exact) mass is 237 g/mol. The van der Waals surface area contributed by atoms with Gasteiger partial charge < -0.3 is 0 Å². The van der Waals surface area contributed by atoms with E-state index in [-0.39, 0.29) is 5.41 Å². The van der Waals surface area contributed by atoms with Crippen molar-refractivity contribution in [1.29, 1.82) is 5.26 Å². The fourth-order valence-corrected chi connectivity index (χ4v) is 1.41. The summed E-state index contributed by atoms with van der Waals surface area (Å²) in [6.07, 6.45) is 0. The molecular weight excluding hydrogens is 226 g/mol. The van der Waals surface area contributed by atoms with Gasteiger partial charge in [-0.2, -0.15) is 5.26 Å². The van der Waals surface area contributed by atoms with Gasteiger partial charge in [-0.25, -0.2) is 0 Å². The number of alkyl halides is 1. The molecule has 1 rings (SSSR count). The van der Waals surface area contributed by atoms with Crippen molar-refractivity contribution >= 4 is 15.9 Å². The lowest BCUT2D eigenvalue weighted by Crippen LogP contribution is -2.18. The molecule has 0 unspecified atom stereocenters. The highest BCUT2D eigenvalue weighted by atomic mass is 79.9. The van der Waals surface area contributed by atoms with Gasteiger partial charge in [0, 0.05) is 5.33 Å². The highest BCUT2D eigenvalue weighted by molar-refractivity contribution is 9.09. The zero-order valence-electron chi connectivity index (χ0n) is 7.84. The Morgan fingerprint density at radius 2 is 2.15 bits per heavy atom. The van der Waals surface area contributed by atoms with Crippen LogP contribution in [0.5, 0.6) is 0 Å². The molecule has 0 saturated carbocycles. The topological polar surface area (TPSA) is 23.8 Å². The smallest absolute Gasteiger partial charge is 0.0991 e.